The quantitative estimate of drug-likeness (QED) is 0.580. The number of ether oxygens (including phenoxy) is 1. The van der Waals surface area contributed by atoms with Gasteiger partial charge in [0.05, 0.1) is 0 Å². The highest BCUT2D eigenvalue weighted by Gasteiger charge is 1.86. The van der Waals surface area contributed by atoms with Gasteiger partial charge in [-0.05, 0) is 6.07 Å². The fourth-order valence-corrected chi connectivity index (χ4v) is 0.485. The second-order valence-corrected chi connectivity index (χ2v) is 1.41. The summed E-state index contributed by atoms with van der Waals surface area (Å²) in [7, 11) is 0. The zero-order valence-electron chi connectivity index (χ0n) is 4.63. The molecule has 0 N–H and O–H groups in total. The van der Waals surface area contributed by atoms with E-state index in [4.69, 9.17) is 0 Å². The minimum Gasteiger partial charge on any atom is -0.417 e. The molecule has 2 heteroatoms. The number of benzene rings is 1. The molecule has 0 spiro atoms. The Bertz CT molecular complexity index is 181. The molecule has 0 aliphatic heterocycles. The van der Waals surface area contributed by atoms with Gasteiger partial charge in [-0.2, -0.15) is 0 Å². The number of hydrogen-bond acceptors (Lipinski definition) is 2. The monoisotopic (exact) mass is 120 g/mol. The van der Waals surface area contributed by atoms with Gasteiger partial charge in [-0.3, -0.25) is 0 Å². The Kier molecular flexibility index (Phi) is 1.85. The molecule has 0 saturated carbocycles. The molecule has 0 saturated heterocycles. The predicted molar refractivity (Wildman–Crippen MR) is 31.6 cm³/mol. The van der Waals surface area contributed by atoms with Gasteiger partial charge in [0.2, 0.25) is 0 Å². The first-order valence-electron chi connectivity index (χ1n) is 2.44. The summed E-state index contributed by atoms with van der Waals surface area (Å²) in [5.74, 6) is 0.396. The zero-order valence-corrected chi connectivity index (χ0v) is 4.63. The maximum Gasteiger partial charge on any atom is 0.423 e. The molecule has 9 heavy (non-hydrogen) atoms. The van der Waals surface area contributed by atoms with E-state index < -0.39 is 0 Å². The SMILES string of the molecule is O=[C]Oc1[c]cccc1. The molecule has 1 aromatic carbocycles. The van der Waals surface area contributed by atoms with Crippen molar-refractivity contribution in [3.63, 3.8) is 0 Å². The highest BCUT2D eigenvalue weighted by atomic mass is 16.5. The van der Waals surface area contributed by atoms with E-state index in [0.717, 1.165) is 0 Å². The van der Waals surface area contributed by atoms with E-state index in [1.807, 2.05) is 0 Å². The van der Waals surface area contributed by atoms with Crippen molar-refractivity contribution in [2.45, 2.75) is 0 Å². The molecule has 0 fully saturated rings. The standard InChI is InChI=1S/C7H4O2/c8-6-9-7-4-2-1-3-5-7/h1-4H. The average molecular weight is 120 g/mol. The van der Waals surface area contributed by atoms with Crippen LogP contribution in [0.4, 0.5) is 0 Å². The van der Waals surface area contributed by atoms with Gasteiger partial charge in [-0.15, -0.1) is 0 Å². The first-order valence-corrected chi connectivity index (χ1v) is 2.44. The van der Waals surface area contributed by atoms with E-state index >= 15 is 0 Å². The minimum absolute atomic E-state index is 0.396. The van der Waals surface area contributed by atoms with E-state index in [9.17, 15) is 4.79 Å². The van der Waals surface area contributed by atoms with Gasteiger partial charge in [0.25, 0.3) is 0 Å². The Morgan fingerprint density at radius 1 is 1.56 bits per heavy atom. The molecule has 0 heterocycles. The lowest BCUT2D eigenvalue weighted by atomic mass is 10.3. The molecule has 0 aromatic heterocycles. The molecule has 2 radical (unpaired) electrons. The van der Waals surface area contributed by atoms with Crippen LogP contribution in [-0.4, -0.2) is 6.47 Å². The summed E-state index contributed by atoms with van der Waals surface area (Å²) in [6, 6.07) is 9.52. The Morgan fingerprint density at radius 2 is 2.44 bits per heavy atom. The third-order valence-electron chi connectivity index (χ3n) is 0.832. The number of rotatable bonds is 2. The van der Waals surface area contributed by atoms with Crippen LogP contribution in [0.3, 0.4) is 0 Å². The zero-order chi connectivity index (χ0) is 6.53. The Labute approximate surface area is 53.1 Å². The van der Waals surface area contributed by atoms with Crippen LogP contribution in [0.5, 0.6) is 5.75 Å². The van der Waals surface area contributed by atoms with Crippen LogP contribution in [-0.2, 0) is 4.79 Å². The maximum atomic E-state index is 9.61. The topological polar surface area (TPSA) is 26.3 Å². The first-order chi connectivity index (χ1) is 4.43. The third-order valence-corrected chi connectivity index (χ3v) is 0.832. The maximum absolute atomic E-state index is 9.61. The summed E-state index contributed by atoms with van der Waals surface area (Å²) < 4.78 is 4.34. The number of para-hydroxylation sites is 1. The highest BCUT2D eigenvalue weighted by molar-refractivity contribution is 5.45. The predicted octanol–water partition coefficient (Wildman–Crippen LogP) is 0.933. The van der Waals surface area contributed by atoms with E-state index in [1.54, 1.807) is 24.3 Å². The van der Waals surface area contributed by atoms with Crippen molar-refractivity contribution in [2.75, 3.05) is 0 Å². The Morgan fingerprint density at radius 3 is 3.00 bits per heavy atom. The molecule has 0 unspecified atom stereocenters. The van der Waals surface area contributed by atoms with E-state index in [0.29, 0.717) is 5.75 Å². The van der Waals surface area contributed by atoms with Gasteiger partial charge in [-0.25, -0.2) is 4.79 Å². The van der Waals surface area contributed by atoms with Crippen LogP contribution < -0.4 is 4.74 Å². The summed E-state index contributed by atoms with van der Waals surface area (Å²) in [6.45, 7) is 1.30. The Balaban J connectivity index is 2.72. The highest BCUT2D eigenvalue weighted by Crippen LogP contribution is 2.04. The Hall–Kier alpha value is -1.31. The molecule has 2 nitrogen and oxygen atoms in total. The lowest BCUT2D eigenvalue weighted by Crippen LogP contribution is -1.86. The molecule has 0 aliphatic carbocycles. The average Bonchev–Trinajstić information content (AvgIpc) is 1.91. The summed E-state index contributed by atoms with van der Waals surface area (Å²) in [4.78, 5) is 9.61. The van der Waals surface area contributed by atoms with Crippen LogP contribution in [0.1, 0.15) is 0 Å². The van der Waals surface area contributed by atoms with Gasteiger partial charge >= 0.3 is 6.47 Å². The number of hydrogen-bond donors (Lipinski definition) is 0. The molecule has 0 aliphatic rings. The largest absolute Gasteiger partial charge is 0.423 e. The van der Waals surface area contributed by atoms with Crippen molar-refractivity contribution in [3.05, 3.63) is 30.3 Å². The molecule has 0 atom stereocenters. The van der Waals surface area contributed by atoms with Gasteiger partial charge in [0.15, 0.2) is 0 Å². The van der Waals surface area contributed by atoms with Crippen molar-refractivity contribution in [1.29, 1.82) is 0 Å². The van der Waals surface area contributed by atoms with Crippen molar-refractivity contribution in [2.24, 2.45) is 0 Å². The van der Waals surface area contributed by atoms with E-state index in [2.05, 4.69) is 10.8 Å². The van der Waals surface area contributed by atoms with Crippen LogP contribution in [0.2, 0.25) is 0 Å². The van der Waals surface area contributed by atoms with Crippen molar-refractivity contribution >= 4 is 6.47 Å². The molecule has 1 rings (SSSR count). The molecule has 44 valence electrons. The lowest BCUT2D eigenvalue weighted by Gasteiger charge is -1.90. The van der Waals surface area contributed by atoms with Gasteiger partial charge < -0.3 is 4.74 Å². The third kappa shape index (κ3) is 1.57. The summed E-state index contributed by atoms with van der Waals surface area (Å²) in [5.41, 5.74) is 0. The first kappa shape index (κ1) is 5.82. The molecule has 0 amide bonds. The second-order valence-electron chi connectivity index (χ2n) is 1.41. The van der Waals surface area contributed by atoms with Crippen LogP contribution >= 0.6 is 0 Å². The van der Waals surface area contributed by atoms with Crippen molar-refractivity contribution in [3.8, 4) is 5.75 Å². The van der Waals surface area contributed by atoms with Gasteiger partial charge in [0, 0.05) is 6.07 Å². The van der Waals surface area contributed by atoms with Gasteiger partial charge in [0.1, 0.15) is 5.75 Å². The molecular weight excluding hydrogens is 116 g/mol. The molecular formula is C7H4O2. The van der Waals surface area contributed by atoms with Crippen molar-refractivity contribution < 1.29 is 9.53 Å². The fraction of sp³-hybridized carbons (Fsp3) is 0. The summed E-state index contributed by atoms with van der Waals surface area (Å²) in [6.07, 6.45) is 0. The smallest absolute Gasteiger partial charge is 0.417 e. The molecule has 0 bridgehead atoms. The lowest BCUT2D eigenvalue weighted by molar-refractivity contribution is 0.442. The number of carbonyl (C=O) groups excluding carboxylic acids is 1. The normalized spacial score (nSPS) is 8.44. The van der Waals surface area contributed by atoms with Crippen LogP contribution in [0.25, 0.3) is 0 Å². The second kappa shape index (κ2) is 2.87. The van der Waals surface area contributed by atoms with Crippen LogP contribution in [0.15, 0.2) is 24.3 Å². The molecule has 1 aromatic rings. The summed E-state index contributed by atoms with van der Waals surface area (Å²) >= 11 is 0. The van der Waals surface area contributed by atoms with E-state index in [-0.39, 0.29) is 0 Å². The van der Waals surface area contributed by atoms with Crippen molar-refractivity contribution in [1.82, 2.24) is 0 Å². The summed E-state index contributed by atoms with van der Waals surface area (Å²) in [5, 5.41) is 0. The van der Waals surface area contributed by atoms with Crippen LogP contribution in [0, 0.1) is 6.07 Å². The van der Waals surface area contributed by atoms with Gasteiger partial charge in [-0.1, -0.05) is 18.2 Å². The fourth-order valence-electron chi connectivity index (χ4n) is 0.485. The minimum atomic E-state index is 0.396. The van der Waals surface area contributed by atoms with E-state index in [1.165, 1.54) is 6.47 Å².